The Bertz CT molecular complexity index is 295. The molecular weight excluding hydrogens is 242 g/mol. The maximum absolute atomic E-state index is 6.38. The molecule has 1 aromatic rings. The number of halogens is 1. The van der Waals surface area contributed by atoms with Gasteiger partial charge in [-0.1, -0.05) is 57.0 Å². The van der Waals surface area contributed by atoms with Crippen molar-refractivity contribution in [1.29, 1.82) is 0 Å². The third-order valence-electron chi connectivity index (χ3n) is 3.56. The molecule has 0 fully saturated rings. The van der Waals surface area contributed by atoms with E-state index in [1.54, 1.807) is 0 Å². The van der Waals surface area contributed by atoms with Crippen molar-refractivity contribution in [2.45, 2.75) is 44.9 Å². The van der Waals surface area contributed by atoms with E-state index >= 15 is 0 Å². The molecule has 0 aliphatic heterocycles. The topological polar surface area (TPSA) is 12.0 Å². The highest BCUT2D eigenvalue weighted by Gasteiger charge is 2.14. The van der Waals surface area contributed by atoms with E-state index in [0.717, 1.165) is 19.5 Å². The molecule has 0 bridgehead atoms. The van der Waals surface area contributed by atoms with E-state index in [1.165, 1.54) is 24.8 Å². The first-order chi connectivity index (χ1) is 8.77. The lowest BCUT2D eigenvalue weighted by Crippen LogP contribution is -2.29. The number of hydrogen-bond acceptors (Lipinski definition) is 1. The second-order valence-electron chi connectivity index (χ2n) is 4.89. The van der Waals surface area contributed by atoms with E-state index in [2.05, 4.69) is 49.5 Å². The molecule has 1 unspecified atom stereocenters. The maximum atomic E-state index is 6.38. The number of nitrogens with one attached hydrogen (secondary N) is 1. The van der Waals surface area contributed by atoms with Gasteiger partial charge in [-0.15, -0.1) is 11.6 Å². The predicted octanol–water partition coefficient (Wildman–Crippen LogP) is 4.25. The van der Waals surface area contributed by atoms with Gasteiger partial charge >= 0.3 is 0 Å². The van der Waals surface area contributed by atoms with Crippen LogP contribution >= 0.6 is 11.6 Å². The first kappa shape index (κ1) is 15.5. The molecule has 0 heterocycles. The van der Waals surface area contributed by atoms with E-state index in [9.17, 15) is 0 Å². The Morgan fingerprint density at radius 3 is 2.39 bits per heavy atom. The lowest BCUT2D eigenvalue weighted by molar-refractivity contribution is 0.445. The molecular formula is C16H26ClN. The molecule has 1 aromatic carbocycles. The Labute approximate surface area is 117 Å². The van der Waals surface area contributed by atoms with Crippen LogP contribution < -0.4 is 5.32 Å². The zero-order valence-corrected chi connectivity index (χ0v) is 12.4. The Kier molecular flexibility index (Phi) is 8.11. The molecule has 1 nitrogen and oxygen atoms in total. The molecule has 1 N–H and O–H groups in total. The van der Waals surface area contributed by atoms with Gasteiger partial charge in [0, 0.05) is 11.9 Å². The van der Waals surface area contributed by atoms with E-state index in [0.29, 0.717) is 5.92 Å². The zero-order valence-electron chi connectivity index (χ0n) is 11.7. The van der Waals surface area contributed by atoms with Crippen molar-refractivity contribution in [3.63, 3.8) is 0 Å². The van der Waals surface area contributed by atoms with Crippen LogP contribution in [0.4, 0.5) is 0 Å². The number of hydrogen-bond donors (Lipinski definition) is 1. The van der Waals surface area contributed by atoms with Crippen LogP contribution in [0.15, 0.2) is 30.3 Å². The summed E-state index contributed by atoms with van der Waals surface area (Å²) in [7, 11) is 0. The van der Waals surface area contributed by atoms with Crippen LogP contribution in [0.2, 0.25) is 0 Å². The molecule has 0 radical (unpaired) electrons. The summed E-state index contributed by atoms with van der Waals surface area (Å²) in [5, 5.41) is 3.75. The number of aryl methyl sites for hydroxylation is 1. The van der Waals surface area contributed by atoms with Crippen LogP contribution in [0.1, 0.15) is 38.7 Å². The molecule has 1 atom stereocenters. The predicted molar refractivity (Wildman–Crippen MR) is 81.3 cm³/mol. The minimum Gasteiger partial charge on any atom is -0.315 e. The average Bonchev–Trinajstić information content (AvgIpc) is 2.41. The fourth-order valence-corrected chi connectivity index (χ4v) is 2.73. The molecule has 102 valence electrons. The minimum atomic E-state index is 0.275. The van der Waals surface area contributed by atoms with Gasteiger partial charge in [-0.05, 0) is 30.9 Å². The van der Waals surface area contributed by atoms with Gasteiger partial charge in [-0.3, -0.25) is 0 Å². The molecule has 18 heavy (non-hydrogen) atoms. The van der Waals surface area contributed by atoms with Crippen LogP contribution in [0.3, 0.4) is 0 Å². The fourth-order valence-electron chi connectivity index (χ4n) is 2.27. The van der Waals surface area contributed by atoms with Crippen molar-refractivity contribution >= 4 is 11.6 Å². The molecule has 0 spiro atoms. The second kappa shape index (κ2) is 9.41. The second-order valence-corrected chi connectivity index (χ2v) is 5.45. The molecule has 0 aliphatic carbocycles. The van der Waals surface area contributed by atoms with Crippen molar-refractivity contribution in [2.24, 2.45) is 5.92 Å². The quantitative estimate of drug-likeness (QED) is 0.521. The van der Waals surface area contributed by atoms with Crippen LogP contribution in [0.25, 0.3) is 0 Å². The van der Waals surface area contributed by atoms with Crippen LogP contribution in [0, 0.1) is 5.92 Å². The van der Waals surface area contributed by atoms with E-state index in [-0.39, 0.29) is 5.38 Å². The largest absolute Gasteiger partial charge is 0.315 e. The number of rotatable bonds is 9. The lowest BCUT2D eigenvalue weighted by atomic mass is 9.99. The van der Waals surface area contributed by atoms with Gasteiger partial charge in [-0.2, -0.15) is 0 Å². The summed E-state index contributed by atoms with van der Waals surface area (Å²) in [6.45, 7) is 6.43. The van der Waals surface area contributed by atoms with Crippen molar-refractivity contribution < 1.29 is 0 Å². The SMILES string of the molecule is CCC(CC)C(Cl)CNCCCc1ccccc1. The Morgan fingerprint density at radius 1 is 1.11 bits per heavy atom. The Morgan fingerprint density at radius 2 is 1.78 bits per heavy atom. The normalized spacial score (nSPS) is 12.9. The van der Waals surface area contributed by atoms with E-state index in [4.69, 9.17) is 11.6 Å². The summed E-state index contributed by atoms with van der Waals surface area (Å²) >= 11 is 6.38. The molecule has 1 rings (SSSR count). The minimum absolute atomic E-state index is 0.275. The molecule has 0 aliphatic rings. The smallest absolute Gasteiger partial charge is 0.0488 e. The van der Waals surface area contributed by atoms with Gasteiger partial charge in [-0.25, -0.2) is 0 Å². The Balaban J connectivity index is 2.08. The van der Waals surface area contributed by atoms with E-state index in [1.807, 2.05) is 0 Å². The van der Waals surface area contributed by atoms with Crippen molar-refractivity contribution in [2.75, 3.05) is 13.1 Å². The summed E-state index contributed by atoms with van der Waals surface area (Å²) in [6.07, 6.45) is 4.68. The highest BCUT2D eigenvalue weighted by molar-refractivity contribution is 6.21. The standard InChI is InChI=1S/C16H26ClN/c1-3-15(4-2)16(17)13-18-12-8-11-14-9-6-5-7-10-14/h5-7,9-10,15-16,18H,3-4,8,11-13H2,1-2H3. The summed E-state index contributed by atoms with van der Waals surface area (Å²) in [4.78, 5) is 0. The first-order valence-electron chi connectivity index (χ1n) is 7.16. The monoisotopic (exact) mass is 267 g/mol. The number of benzene rings is 1. The zero-order chi connectivity index (χ0) is 13.2. The fraction of sp³-hybridized carbons (Fsp3) is 0.625. The average molecular weight is 268 g/mol. The van der Waals surface area contributed by atoms with Gasteiger partial charge in [0.2, 0.25) is 0 Å². The van der Waals surface area contributed by atoms with Crippen LogP contribution in [-0.2, 0) is 6.42 Å². The van der Waals surface area contributed by atoms with Crippen LogP contribution in [0.5, 0.6) is 0 Å². The van der Waals surface area contributed by atoms with Gasteiger partial charge in [0.05, 0.1) is 0 Å². The highest BCUT2D eigenvalue weighted by Crippen LogP contribution is 2.17. The third-order valence-corrected chi connectivity index (χ3v) is 4.07. The summed E-state index contributed by atoms with van der Waals surface area (Å²) in [5.74, 6) is 0.647. The molecule has 0 saturated carbocycles. The summed E-state index contributed by atoms with van der Waals surface area (Å²) < 4.78 is 0. The van der Waals surface area contributed by atoms with Crippen molar-refractivity contribution in [1.82, 2.24) is 5.32 Å². The van der Waals surface area contributed by atoms with Gasteiger partial charge < -0.3 is 5.32 Å². The Hall–Kier alpha value is -0.530. The molecule has 2 heteroatoms. The lowest BCUT2D eigenvalue weighted by Gasteiger charge is -2.19. The third kappa shape index (κ3) is 5.88. The van der Waals surface area contributed by atoms with E-state index < -0.39 is 0 Å². The molecule has 0 amide bonds. The number of alkyl halides is 1. The van der Waals surface area contributed by atoms with Crippen molar-refractivity contribution in [3.8, 4) is 0 Å². The summed E-state index contributed by atoms with van der Waals surface area (Å²) in [6, 6.07) is 10.6. The molecule has 0 saturated heterocycles. The van der Waals surface area contributed by atoms with Crippen molar-refractivity contribution in [3.05, 3.63) is 35.9 Å². The van der Waals surface area contributed by atoms with Gasteiger partial charge in [0.15, 0.2) is 0 Å². The maximum Gasteiger partial charge on any atom is 0.0488 e. The van der Waals surface area contributed by atoms with Crippen LogP contribution in [-0.4, -0.2) is 18.5 Å². The highest BCUT2D eigenvalue weighted by atomic mass is 35.5. The molecule has 0 aromatic heterocycles. The first-order valence-corrected chi connectivity index (χ1v) is 7.60. The summed E-state index contributed by atoms with van der Waals surface area (Å²) in [5.41, 5.74) is 1.42. The van der Waals surface area contributed by atoms with Gasteiger partial charge in [0.1, 0.15) is 0 Å². The van der Waals surface area contributed by atoms with Gasteiger partial charge in [0.25, 0.3) is 0 Å².